The van der Waals surface area contributed by atoms with Gasteiger partial charge in [-0.15, -0.1) is 0 Å². The Hall–Kier alpha value is -2.12. The first kappa shape index (κ1) is 13.3. The number of carboxylic acid groups (broad SMARTS) is 1. The zero-order valence-electron chi connectivity index (χ0n) is 10.1. The molecular weight excluding hydrogens is 306 g/mol. The molecule has 0 unspecified atom stereocenters. The Morgan fingerprint density at radius 2 is 1.84 bits per heavy atom. The summed E-state index contributed by atoms with van der Waals surface area (Å²) in [6, 6.07) is 12.8. The summed E-state index contributed by atoms with van der Waals surface area (Å²) >= 11 is 3.21. The van der Waals surface area contributed by atoms with Gasteiger partial charge in [-0.05, 0) is 57.7 Å². The van der Waals surface area contributed by atoms with Crippen LogP contribution < -0.4 is 0 Å². The highest BCUT2D eigenvalue weighted by Crippen LogP contribution is 2.27. The molecule has 0 aliphatic carbocycles. The Balaban J connectivity index is 2.57. The summed E-state index contributed by atoms with van der Waals surface area (Å²) in [5.41, 5.74) is 3.31. The molecular formula is C15H10BrNO2. The van der Waals surface area contributed by atoms with Gasteiger partial charge in [0.25, 0.3) is 0 Å². The van der Waals surface area contributed by atoms with Gasteiger partial charge in [0.2, 0.25) is 0 Å². The first-order valence-electron chi connectivity index (χ1n) is 5.57. The van der Waals surface area contributed by atoms with E-state index in [0.717, 1.165) is 16.7 Å². The topological polar surface area (TPSA) is 61.1 Å². The lowest BCUT2D eigenvalue weighted by molar-refractivity contribution is 0.0696. The molecule has 0 saturated carbocycles. The van der Waals surface area contributed by atoms with Gasteiger partial charge in [0.1, 0.15) is 0 Å². The zero-order valence-corrected chi connectivity index (χ0v) is 11.7. The molecule has 0 bridgehead atoms. The highest BCUT2D eigenvalue weighted by molar-refractivity contribution is 9.10. The van der Waals surface area contributed by atoms with Gasteiger partial charge in [0.15, 0.2) is 0 Å². The number of carboxylic acids is 1. The monoisotopic (exact) mass is 315 g/mol. The Morgan fingerprint density at radius 3 is 2.47 bits per heavy atom. The second-order valence-electron chi connectivity index (χ2n) is 4.14. The van der Waals surface area contributed by atoms with Gasteiger partial charge in [0, 0.05) is 4.47 Å². The molecule has 0 spiro atoms. The minimum absolute atomic E-state index is 0.205. The van der Waals surface area contributed by atoms with Crippen LogP contribution in [0.2, 0.25) is 0 Å². The maximum atomic E-state index is 11.1. The van der Waals surface area contributed by atoms with Crippen molar-refractivity contribution >= 4 is 21.9 Å². The fraction of sp³-hybridized carbons (Fsp3) is 0.0667. The average molecular weight is 316 g/mol. The van der Waals surface area contributed by atoms with Crippen LogP contribution in [-0.2, 0) is 0 Å². The average Bonchev–Trinajstić information content (AvgIpc) is 2.39. The van der Waals surface area contributed by atoms with Crippen LogP contribution in [0.5, 0.6) is 0 Å². The Labute approximate surface area is 119 Å². The Morgan fingerprint density at radius 1 is 1.21 bits per heavy atom. The molecule has 3 nitrogen and oxygen atoms in total. The molecule has 0 aliphatic heterocycles. The van der Waals surface area contributed by atoms with Crippen LogP contribution in [0.3, 0.4) is 0 Å². The van der Waals surface area contributed by atoms with Gasteiger partial charge < -0.3 is 5.11 Å². The number of aryl methyl sites for hydroxylation is 1. The normalized spacial score (nSPS) is 9.95. The van der Waals surface area contributed by atoms with E-state index in [-0.39, 0.29) is 5.56 Å². The molecule has 4 heteroatoms. The number of rotatable bonds is 2. The second-order valence-corrected chi connectivity index (χ2v) is 5.00. The molecule has 19 heavy (non-hydrogen) atoms. The summed E-state index contributed by atoms with van der Waals surface area (Å²) in [5, 5.41) is 18.1. The van der Waals surface area contributed by atoms with Crippen molar-refractivity contribution in [1.29, 1.82) is 5.26 Å². The first-order valence-corrected chi connectivity index (χ1v) is 6.36. The molecule has 0 atom stereocenters. The van der Waals surface area contributed by atoms with Crippen molar-refractivity contribution in [3.63, 3.8) is 0 Å². The SMILES string of the molecule is Cc1ccc(-c2ccc(Br)c(C(=O)O)c2)cc1C#N. The fourth-order valence-electron chi connectivity index (χ4n) is 1.79. The van der Waals surface area contributed by atoms with E-state index in [1.165, 1.54) is 0 Å². The smallest absolute Gasteiger partial charge is 0.336 e. The lowest BCUT2D eigenvalue weighted by Gasteiger charge is -2.06. The van der Waals surface area contributed by atoms with E-state index in [1.807, 2.05) is 25.1 Å². The molecule has 94 valence electrons. The quantitative estimate of drug-likeness (QED) is 0.911. The minimum Gasteiger partial charge on any atom is -0.478 e. The van der Waals surface area contributed by atoms with E-state index in [4.69, 9.17) is 10.4 Å². The van der Waals surface area contributed by atoms with Crippen LogP contribution in [0.15, 0.2) is 40.9 Å². The van der Waals surface area contributed by atoms with E-state index in [2.05, 4.69) is 22.0 Å². The van der Waals surface area contributed by atoms with Crippen LogP contribution in [0.1, 0.15) is 21.5 Å². The molecule has 0 radical (unpaired) electrons. The van der Waals surface area contributed by atoms with Gasteiger partial charge >= 0.3 is 5.97 Å². The van der Waals surface area contributed by atoms with Crippen molar-refractivity contribution < 1.29 is 9.90 Å². The minimum atomic E-state index is -0.985. The summed E-state index contributed by atoms with van der Waals surface area (Å²) in [6.45, 7) is 1.87. The lowest BCUT2D eigenvalue weighted by Crippen LogP contribution is -1.98. The molecule has 2 rings (SSSR count). The summed E-state index contributed by atoms with van der Waals surface area (Å²) in [6.07, 6.45) is 0. The maximum Gasteiger partial charge on any atom is 0.336 e. The fourth-order valence-corrected chi connectivity index (χ4v) is 2.21. The van der Waals surface area contributed by atoms with E-state index < -0.39 is 5.97 Å². The third-order valence-corrected chi connectivity index (χ3v) is 3.58. The third kappa shape index (κ3) is 2.67. The number of carbonyl (C=O) groups is 1. The van der Waals surface area contributed by atoms with E-state index in [1.54, 1.807) is 18.2 Å². The molecule has 0 aliphatic rings. The van der Waals surface area contributed by atoms with Crippen LogP contribution in [0.25, 0.3) is 11.1 Å². The molecule has 2 aromatic rings. The molecule has 0 saturated heterocycles. The van der Waals surface area contributed by atoms with Crippen LogP contribution >= 0.6 is 15.9 Å². The van der Waals surface area contributed by atoms with Gasteiger partial charge in [-0.1, -0.05) is 18.2 Å². The first-order chi connectivity index (χ1) is 9.02. The van der Waals surface area contributed by atoms with Crippen molar-refractivity contribution in [1.82, 2.24) is 0 Å². The largest absolute Gasteiger partial charge is 0.478 e. The second kappa shape index (κ2) is 5.25. The molecule has 1 N–H and O–H groups in total. The summed E-state index contributed by atoms with van der Waals surface area (Å²) in [5.74, 6) is -0.985. The molecule has 0 fully saturated rings. The number of nitriles is 1. The Bertz CT molecular complexity index is 702. The third-order valence-electron chi connectivity index (χ3n) is 2.89. The summed E-state index contributed by atoms with van der Waals surface area (Å²) < 4.78 is 0.538. The van der Waals surface area contributed by atoms with Crippen LogP contribution in [-0.4, -0.2) is 11.1 Å². The Kier molecular flexibility index (Phi) is 3.68. The number of benzene rings is 2. The van der Waals surface area contributed by atoms with Gasteiger partial charge in [-0.2, -0.15) is 5.26 Å². The summed E-state index contributed by atoms with van der Waals surface area (Å²) in [4.78, 5) is 11.1. The maximum absolute atomic E-state index is 11.1. The lowest BCUT2D eigenvalue weighted by atomic mass is 9.99. The number of hydrogen-bond acceptors (Lipinski definition) is 2. The van der Waals surface area contributed by atoms with Crippen LogP contribution in [0.4, 0.5) is 0 Å². The number of hydrogen-bond donors (Lipinski definition) is 1. The van der Waals surface area contributed by atoms with Crippen molar-refractivity contribution in [3.05, 3.63) is 57.6 Å². The van der Waals surface area contributed by atoms with E-state index >= 15 is 0 Å². The highest BCUT2D eigenvalue weighted by Gasteiger charge is 2.10. The van der Waals surface area contributed by atoms with Crippen molar-refractivity contribution in [2.75, 3.05) is 0 Å². The van der Waals surface area contributed by atoms with E-state index in [0.29, 0.717) is 10.0 Å². The van der Waals surface area contributed by atoms with Gasteiger partial charge in [0.05, 0.1) is 17.2 Å². The standard InChI is InChI=1S/C15H10BrNO2/c1-9-2-3-10(6-12(9)8-17)11-4-5-14(16)13(7-11)15(18)19/h2-7H,1H3,(H,18,19). The number of nitrogens with zero attached hydrogens (tertiary/aromatic N) is 1. The van der Waals surface area contributed by atoms with Crippen molar-refractivity contribution in [2.24, 2.45) is 0 Å². The highest BCUT2D eigenvalue weighted by atomic mass is 79.9. The van der Waals surface area contributed by atoms with Gasteiger partial charge in [-0.25, -0.2) is 4.79 Å². The molecule has 0 aromatic heterocycles. The predicted molar refractivity (Wildman–Crippen MR) is 76.0 cm³/mol. The zero-order chi connectivity index (χ0) is 14.0. The predicted octanol–water partition coefficient (Wildman–Crippen LogP) is 3.99. The van der Waals surface area contributed by atoms with Crippen molar-refractivity contribution in [2.45, 2.75) is 6.92 Å². The number of aromatic carboxylic acids is 1. The summed E-state index contributed by atoms with van der Waals surface area (Å²) in [7, 11) is 0. The van der Waals surface area contributed by atoms with Crippen LogP contribution in [0, 0.1) is 18.3 Å². The molecule has 0 heterocycles. The van der Waals surface area contributed by atoms with Crippen molar-refractivity contribution in [3.8, 4) is 17.2 Å². The van der Waals surface area contributed by atoms with Gasteiger partial charge in [-0.3, -0.25) is 0 Å². The molecule has 0 amide bonds. The number of halogens is 1. The van der Waals surface area contributed by atoms with E-state index in [9.17, 15) is 4.79 Å². The molecule has 2 aromatic carbocycles.